The molecule has 0 atom stereocenters. The van der Waals surface area contributed by atoms with Gasteiger partial charge in [0.05, 0.1) is 6.61 Å². The first-order valence-electron chi connectivity index (χ1n) is 10.8. The molecule has 0 heterocycles. The highest BCUT2D eigenvalue weighted by Crippen LogP contribution is 2.42. The summed E-state index contributed by atoms with van der Waals surface area (Å²) in [6.45, 7) is 20.6. The largest absolute Gasteiger partial charge is 0.410 e. The summed E-state index contributed by atoms with van der Waals surface area (Å²) < 4.78 is 6.04. The molecule has 3 heteroatoms. The second kappa shape index (κ2) is 9.69. The molecule has 0 unspecified atom stereocenters. The molecule has 2 nitrogen and oxygen atoms in total. The van der Waals surface area contributed by atoms with E-state index in [1.165, 1.54) is 31.3 Å². The van der Waals surface area contributed by atoms with Gasteiger partial charge in [0.2, 0.25) is 0 Å². The summed E-state index contributed by atoms with van der Waals surface area (Å²) in [5, 5.41) is 0.156. The molecule has 0 amide bonds. The first-order valence-corrected chi connectivity index (χ1v) is 13.7. The molecule has 0 aromatic carbocycles. The Hall–Kier alpha value is -0.673. The van der Waals surface area contributed by atoms with E-state index in [-0.39, 0.29) is 17.4 Å². The number of allylic oxidation sites excluding steroid dienone is 4. The van der Waals surface area contributed by atoms with Gasteiger partial charge < -0.3 is 4.43 Å². The minimum Gasteiger partial charge on any atom is -0.410 e. The van der Waals surface area contributed by atoms with Crippen LogP contribution in [0.3, 0.4) is 0 Å². The zero-order valence-corrected chi connectivity index (χ0v) is 20.6. The van der Waals surface area contributed by atoms with Crippen LogP contribution >= 0.6 is 0 Å². The maximum absolute atomic E-state index is 12.2. The van der Waals surface area contributed by atoms with Crippen LogP contribution in [0.25, 0.3) is 0 Å². The van der Waals surface area contributed by atoms with Gasteiger partial charge >= 0.3 is 0 Å². The minimum atomic E-state index is -1.82. The van der Waals surface area contributed by atoms with E-state index >= 15 is 0 Å². The Morgan fingerprint density at radius 1 is 1.22 bits per heavy atom. The quantitative estimate of drug-likeness (QED) is 0.298. The van der Waals surface area contributed by atoms with Crippen LogP contribution in [0.5, 0.6) is 0 Å². The Bertz CT molecular complexity index is 574. The molecule has 0 saturated carbocycles. The van der Waals surface area contributed by atoms with Gasteiger partial charge in [0, 0.05) is 6.42 Å². The molecule has 1 aliphatic rings. The molecule has 156 valence electrons. The molecule has 0 saturated heterocycles. The SMILES string of the molecule is CC1=C(CC/C(C)=C/CCC(=O)CO[Si](C)(C)C(C)(C)C)C(C)(C)CCC1. The summed E-state index contributed by atoms with van der Waals surface area (Å²) in [4.78, 5) is 12.2. The molecule has 0 bridgehead atoms. The fourth-order valence-electron chi connectivity index (χ4n) is 3.68. The minimum absolute atomic E-state index is 0.156. The molecule has 0 aromatic rings. The van der Waals surface area contributed by atoms with Crippen molar-refractivity contribution < 1.29 is 9.22 Å². The van der Waals surface area contributed by atoms with E-state index < -0.39 is 8.32 Å². The summed E-state index contributed by atoms with van der Waals surface area (Å²) in [6.07, 6.45) is 9.89. The Kier molecular flexibility index (Phi) is 8.75. The molecule has 0 radical (unpaired) electrons. The number of rotatable bonds is 9. The number of hydrogen-bond acceptors (Lipinski definition) is 2. The lowest BCUT2D eigenvalue weighted by Gasteiger charge is -2.35. The first-order chi connectivity index (χ1) is 12.3. The lowest BCUT2D eigenvalue weighted by molar-refractivity contribution is -0.121. The number of Topliss-reactive ketones (excluding diaryl/α,β-unsaturated/α-hetero) is 1. The van der Waals surface area contributed by atoms with E-state index in [2.05, 4.69) is 67.6 Å². The molecule has 27 heavy (non-hydrogen) atoms. The van der Waals surface area contributed by atoms with Crippen LogP contribution in [0.15, 0.2) is 22.8 Å². The molecule has 0 aromatic heterocycles. The number of carbonyl (C=O) groups excluding carboxylic acids is 1. The van der Waals surface area contributed by atoms with Gasteiger partial charge in [-0.25, -0.2) is 0 Å². The van der Waals surface area contributed by atoms with E-state index in [0.717, 1.165) is 12.8 Å². The van der Waals surface area contributed by atoms with Crippen molar-refractivity contribution in [2.45, 2.75) is 112 Å². The molecule has 0 N–H and O–H groups in total. The molecular weight excluding hydrogens is 348 g/mol. The Balaban J connectivity index is 2.42. The van der Waals surface area contributed by atoms with E-state index in [1.807, 2.05) is 0 Å². The van der Waals surface area contributed by atoms with Crippen molar-refractivity contribution >= 4 is 14.1 Å². The zero-order valence-electron chi connectivity index (χ0n) is 19.6. The van der Waals surface area contributed by atoms with Crippen molar-refractivity contribution in [1.82, 2.24) is 0 Å². The molecule has 1 aliphatic carbocycles. The van der Waals surface area contributed by atoms with Crippen molar-refractivity contribution in [1.29, 1.82) is 0 Å². The van der Waals surface area contributed by atoms with Gasteiger partial charge in [-0.3, -0.25) is 4.79 Å². The van der Waals surface area contributed by atoms with E-state index in [0.29, 0.717) is 11.8 Å². The number of carbonyl (C=O) groups is 1. The van der Waals surface area contributed by atoms with Crippen molar-refractivity contribution in [2.24, 2.45) is 5.41 Å². The van der Waals surface area contributed by atoms with Gasteiger partial charge in [0.1, 0.15) is 0 Å². The average molecular weight is 393 g/mol. The lowest BCUT2D eigenvalue weighted by Crippen LogP contribution is -2.42. The third-order valence-electron chi connectivity index (χ3n) is 6.77. The summed E-state index contributed by atoms with van der Waals surface area (Å²) in [5.41, 5.74) is 5.05. The summed E-state index contributed by atoms with van der Waals surface area (Å²) in [6, 6.07) is 0. The highest BCUT2D eigenvalue weighted by atomic mass is 28.4. The third-order valence-corrected chi connectivity index (χ3v) is 11.2. The first kappa shape index (κ1) is 24.4. The van der Waals surface area contributed by atoms with Gasteiger partial charge in [-0.05, 0) is 75.9 Å². The standard InChI is InChI=1S/C24H44O2Si/c1-19(15-16-22-20(2)13-11-17-24(22,6)7)12-10-14-21(25)18-26-27(8,9)23(3,4)5/h12H,10-11,13-18H2,1-9H3/b19-12+. The van der Waals surface area contributed by atoms with Gasteiger partial charge in [-0.1, -0.05) is 57.4 Å². The van der Waals surface area contributed by atoms with Crippen molar-refractivity contribution in [3.8, 4) is 0 Å². The summed E-state index contributed by atoms with van der Waals surface area (Å²) in [7, 11) is -1.82. The molecule has 0 aliphatic heterocycles. The third kappa shape index (κ3) is 7.69. The van der Waals surface area contributed by atoms with E-state index in [4.69, 9.17) is 4.43 Å². The van der Waals surface area contributed by atoms with E-state index in [1.54, 1.807) is 11.1 Å². The van der Waals surface area contributed by atoms with Crippen LogP contribution in [0.1, 0.15) is 93.4 Å². The number of hydrogen-bond donors (Lipinski definition) is 0. The van der Waals surface area contributed by atoms with Crippen LogP contribution in [0, 0.1) is 5.41 Å². The van der Waals surface area contributed by atoms with Crippen LogP contribution in [-0.2, 0) is 9.22 Å². The average Bonchev–Trinajstić information content (AvgIpc) is 2.51. The fourth-order valence-corrected chi connectivity index (χ4v) is 4.63. The van der Waals surface area contributed by atoms with Crippen LogP contribution in [0.2, 0.25) is 18.1 Å². The van der Waals surface area contributed by atoms with Crippen LogP contribution < -0.4 is 0 Å². The highest BCUT2D eigenvalue weighted by molar-refractivity contribution is 6.74. The predicted octanol–water partition coefficient (Wildman–Crippen LogP) is 7.61. The topological polar surface area (TPSA) is 26.3 Å². The predicted molar refractivity (Wildman–Crippen MR) is 121 cm³/mol. The van der Waals surface area contributed by atoms with Crippen molar-refractivity contribution in [3.05, 3.63) is 22.8 Å². The van der Waals surface area contributed by atoms with Crippen LogP contribution in [0.4, 0.5) is 0 Å². The van der Waals surface area contributed by atoms with Crippen molar-refractivity contribution in [3.63, 3.8) is 0 Å². The summed E-state index contributed by atoms with van der Waals surface area (Å²) in [5.74, 6) is 0.232. The normalized spacial score (nSPS) is 18.8. The monoisotopic (exact) mass is 392 g/mol. The van der Waals surface area contributed by atoms with Gasteiger partial charge in [0.15, 0.2) is 14.1 Å². The van der Waals surface area contributed by atoms with Gasteiger partial charge in [-0.15, -0.1) is 0 Å². The molecular formula is C24H44O2Si. The molecule has 0 fully saturated rings. The molecule has 1 rings (SSSR count). The van der Waals surface area contributed by atoms with Gasteiger partial charge in [0.25, 0.3) is 0 Å². The Morgan fingerprint density at radius 2 is 1.85 bits per heavy atom. The second-order valence-corrected chi connectivity index (χ2v) is 15.5. The Morgan fingerprint density at radius 3 is 2.41 bits per heavy atom. The number of ketones is 1. The fraction of sp³-hybridized carbons (Fsp3) is 0.792. The smallest absolute Gasteiger partial charge is 0.192 e. The van der Waals surface area contributed by atoms with Gasteiger partial charge in [-0.2, -0.15) is 0 Å². The zero-order chi connectivity index (χ0) is 20.9. The van der Waals surface area contributed by atoms with E-state index in [9.17, 15) is 4.79 Å². The maximum atomic E-state index is 12.2. The molecule has 0 spiro atoms. The second-order valence-electron chi connectivity index (χ2n) is 10.7. The highest BCUT2D eigenvalue weighted by Gasteiger charge is 2.37. The Labute approximate surface area is 170 Å². The maximum Gasteiger partial charge on any atom is 0.192 e. The lowest BCUT2D eigenvalue weighted by atomic mass is 9.71. The van der Waals surface area contributed by atoms with Crippen LogP contribution in [-0.4, -0.2) is 20.7 Å². The summed E-state index contributed by atoms with van der Waals surface area (Å²) >= 11 is 0. The van der Waals surface area contributed by atoms with Crippen molar-refractivity contribution in [2.75, 3.05) is 6.61 Å².